The molecule has 0 aliphatic carbocycles. The average molecular weight is 280 g/mol. The summed E-state index contributed by atoms with van der Waals surface area (Å²) in [6.45, 7) is 2.19. The molecule has 0 aliphatic heterocycles. The molecule has 1 atom stereocenters. The van der Waals surface area contributed by atoms with E-state index in [9.17, 15) is 4.79 Å². The lowest BCUT2D eigenvalue weighted by Crippen LogP contribution is -2.36. The normalized spacial score (nSPS) is 12.2. The van der Waals surface area contributed by atoms with Crippen LogP contribution in [0.2, 0.25) is 0 Å². The zero-order valence-corrected chi connectivity index (χ0v) is 12.6. The Morgan fingerprint density at radius 2 is 2.05 bits per heavy atom. The van der Waals surface area contributed by atoms with Crippen LogP contribution in [0.1, 0.15) is 31.7 Å². The first-order valence-corrected chi connectivity index (χ1v) is 8.21. The summed E-state index contributed by atoms with van der Waals surface area (Å²) < 4.78 is 0. The molecule has 19 heavy (non-hydrogen) atoms. The molecule has 1 amide bonds. The molecule has 3 N–H and O–H groups in total. The number of hydrogen-bond acceptors (Lipinski definition) is 3. The number of hydrogen-bond donors (Lipinski definition) is 2. The van der Waals surface area contributed by atoms with Gasteiger partial charge in [-0.05, 0) is 49.0 Å². The largest absolute Gasteiger partial charge is 0.325 e. The molecule has 0 aliphatic rings. The molecule has 106 valence electrons. The van der Waals surface area contributed by atoms with Crippen LogP contribution in [0.15, 0.2) is 24.3 Å². The van der Waals surface area contributed by atoms with E-state index >= 15 is 0 Å². The van der Waals surface area contributed by atoms with Crippen LogP contribution in [0, 0.1) is 0 Å². The SMILES string of the molecule is CCCCc1ccc(NC(=O)[C@H](N)CCSC)cc1. The van der Waals surface area contributed by atoms with Crippen LogP contribution in [0.5, 0.6) is 0 Å². The number of nitrogens with one attached hydrogen (secondary N) is 1. The molecule has 3 nitrogen and oxygen atoms in total. The van der Waals surface area contributed by atoms with Crippen LogP contribution >= 0.6 is 11.8 Å². The summed E-state index contributed by atoms with van der Waals surface area (Å²) in [7, 11) is 0. The molecular weight excluding hydrogens is 256 g/mol. The Morgan fingerprint density at radius 3 is 2.63 bits per heavy atom. The van der Waals surface area contributed by atoms with E-state index in [2.05, 4.69) is 24.4 Å². The quantitative estimate of drug-likeness (QED) is 0.769. The van der Waals surface area contributed by atoms with Crippen molar-refractivity contribution in [2.75, 3.05) is 17.3 Å². The molecule has 0 fully saturated rings. The van der Waals surface area contributed by atoms with Gasteiger partial charge in [-0.3, -0.25) is 4.79 Å². The number of carbonyl (C=O) groups is 1. The zero-order valence-electron chi connectivity index (χ0n) is 11.8. The van der Waals surface area contributed by atoms with Crippen molar-refractivity contribution >= 4 is 23.4 Å². The molecule has 0 bridgehead atoms. The van der Waals surface area contributed by atoms with E-state index in [0.29, 0.717) is 6.42 Å². The minimum atomic E-state index is -0.424. The van der Waals surface area contributed by atoms with Crippen molar-refractivity contribution in [3.05, 3.63) is 29.8 Å². The number of rotatable bonds is 8. The van der Waals surface area contributed by atoms with Gasteiger partial charge in [-0.15, -0.1) is 0 Å². The molecule has 0 radical (unpaired) electrons. The van der Waals surface area contributed by atoms with Gasteiger partial charge in [0.05, 0.1) is 6.04 Å². The maximum atomic E-state index is 11.8. The summed E-state index contributed by atoms with van der Waals surface area (Å²) in [5.41, 5.74) is 7.96. The number of nitrogens with two attached hydrogens (primary N) is 1. The van der Waals surface area contributed by atoms with Crippen LogP contribution in [0.4, 0.5) is 5.69 Å². The molecule has 0 unspecified atom stereocenters. The van der Waals surface area contributed by atoms with Gasteiger partial charge in [0.15, 0.2) is 0 Å². The summed E-state index contributed by atoms with van der Waals surface area (Å²) in [6.07, 6.45) is 6.22. The van der Waals surface area contributed by atoms with Crippen molar-refractivity contribution in [2.24, 2.45) is 5.73 Å². The number of amides is 1. The van der Waals surface area contributed by atoms with Crippen LogP contribution < -0.4 is 11.1 Å². The fraction of sp³-hybridized carbons (Fsp3) is 0.533. The molecule has 4 heteroatoms. The van der Waals surface area contributed by atoms with Gasteiger partial charge in [-0.1, -0.05) is 25.5 Å². The highest BCUT2D eigenvalue weighted by Gasteiger charge is 2.12. The highest BCUT2D eigenvalue weighted by molar-refractivity contribution is 7.98. The Kier molecular flexibility index (Phi) is 7.60. The topological polar surface area (TPSA) is 55.1 Å². The van der Waals surface area contributed by atoms with Crippen LogP contribution in [0.25, 0.3) is 0 Å². The third-order valence-corrected chi connectivity index (χ3v) is 3.65. The number of carbonyl (C=O) groups excluding carboxylic acids is 1. The molecule has 0 aromatic heterocycles. The molecule has 0 heterocycles. The lowest BCUT2D eigenvalue weighted by Gasteiger charge is -2.12. The van der Waals surface area contributed by atoms with Crippen LogP contribution in [0.3, 0.4) is 0 Å². The van der Waals surface area contributed by atoms with Gasteiger partial charge in [0.1, 0.15) is 0 Å². The summed E-state index contributed by atoms with van der Waals surface area (Å²) in [5, 5.41) is 2.86. The second-order valence-electron chi connectivity index (χ2n) is 4.68. The molecule has 1 rings (SSSR count). The van der Waals surface area contributed by atoms with Crippen molar-refractivity contribution < 1.29 is 4.79 Å². The van der Waals surface area contributed by atoms with Crippen molar-refractivity contribution in [3.8, 4) is 0 Å². The van der Waals surface area contributed by atoms with Gasteiger partial charge in [-0.25, -0.2) is 0 Å². The Bertz CT molecular complexity index is 378. The maximum Gasteiger partial charge on any atom is 0.241 e. The van der Waals surface area contributed by atoms with Crippen LogP contribution in [-0.2, 0) is 11.2 Å². The summed E-state index contributed by atoms with van der Waals surface area (Å²) in [4.78, 5) is 11.8. The number of thioether (sulfide) groups is 1. The van der Waals surface area contributed by atoms with Gasteiger partial charge in [0.2, 0.25) is 5.91 Å². The molecule has 0 spiro atoms. The van der Waals surface area contributed by atoms with Crippen molar-refractivity contribution in [2.45, 2.75) is 38.6 Å². The van der Waals surface area contributed by atoms with E-state index < -0.39 is 6.04 Å². The third-order valence-electron chi connectivity index (χ3n) is 3.01. The summed E-state index contributed by atoms with van der Waals surface area (Å²) in [6, 6.07) is 7.61. The highest BCUT2D eigenvalue weighted by Crippen LogP contribution is 2.12. The minimum absolute atomic E-state index is 0.102. The van der Waals surface area contributed by atoms with E-state index in [-0.39, 0.29) is 5.91 Å². The predicted octanol–water partition coefficient (Wildman–Crippen LogP) is 3.05. The summed E-state index contributed by atoms with van der Waals surface area (Å²) in [5.74, 6) is 0.806. The monoisotopic (exact) mass is 280 g/mol. The number of unbranched alkanes of at least 4 members (excludes halogenated alkanes) is 1. The number of benzene rings is 1. The second kappa shape index (κ2) is 8.99. The third kappa shape index (κ3) is 6.12. The Labute approximate surface area is 120 Å². The van der Waals surface area contributed by atoms with Crippen molar-refractivity contribution in [1.82, 2.24) is 0 Å². The first-order chi connectivity index (χ1) is 9.17. The zero-order chi connectivity index (χ0) is 14.1. The Hall–Kier alpha value is -1.00. The Morgan fingerprint density at radius 1 is 1.37 bits per heavy atom. The van der Waals surface area contributed by atoms with Gasteiger partial charge < -0.3 is 11.1 Å². The second-order valence-corrected chi connectivity index (χ2v) is 5.66. The van der Waals surface area contributed by atoms with E-state index in [1.54, 1.807) is 11.8 Å². The fourth-order valence-electron chi connectivity index (χ4n) is 1.75. The standard InChI is InChI=1S/C15H24N2OS/c1-3-4-5-12-6-8-13(9-7-12)17-15(18)14(16)10-11-19-2/h6-9,14H,3-5,10-11,16H2,1-2H3,(H,17,18)/t14-/m1/s1. The predicted molar refractivity (Wildman–Crippen MR) is 84.7 cm³/mol. The average Bonchev–Trinajstić information content (AvgIpc) is 2.43. The van der Waals surface area contributed by atoms with Crippen molar-refractivity contribution in [3.63, 3.8) is 0 Å². The first kappa shape index (κ1) is 16.1. The van der Waals surface area contributed by atoms with E-state index in [4.69, 9.17) is 5.73 Å². The lowest BCUT2D eigenvalue weighted by atomic mass is 10.1. The minimum Gasteiger partial charge on any atom is -0.325 e. The molecule has 1 aromatic carbocycles. The molecule has 0 saturated carbocycles. The summed E-state index contributed by atoms with van der Waals surface area (Å²) >= 11 is 1.70. The first-order valence-electron chi connectivity index (χ1n) is 6.81. The van der Waals surface area contributed by atoms with E-state index in [1.165, 1.54) is 18.4 Å². The maximum absolute atomic E-state index is 11.8. The van der Waals surface area contributed by atoms with Gasteiger partial charge in [0, 0.05) is 5.69 Å². The van der Waals surface area contributed by atoms with Gasteiger partial charge in [-0.2, -0.15) is 11.8 Å². The molecule has 1 aromatic rings. The van der Waals surface area contributed by atoms with E-state index in [0.717, 1.165) is 17.9 Å². The fourth-order valence-corrected chi connectivity index (χ4v) is 2.24. The molecular formula is C15H24N2OS. The van der Waals surface area contributed by atoms with Crippen LogP contribution in [-0.4, -0.2) is 24.0 Å². The lowest BCUT2D eigenvalue weighted by molar-refractivity contribution is -0.117. The number of anilines is 1. The van der Waals surface area contributed by atoms with Gasteiger partial charge in [0.25, 0.3) is 0 Å². The number of aryl methyl sites for hydroxylation is 1. The smallest absolute Gasteiger partial charge is 0.241 e. The van der Waals surface area contributed by atoms with E-state index in [1.807, 2.05) is 18.4 Å². The molecule has 0 saturated heterocycles. The Balaban J connectivity index is 2.45. The highest BCUT2D eigenvalue weighted by atomic mass is 32.2. The van der Waals surface area contributed by atoms with Crippen molar-refractivity contribution in [1.29, 1.82) is 0 Å². The van der Waals surface area contributed by atoms with Gasteiger partial charge >= 0.3 is 0 Å².